The number of hydrogen-bond donors (Lipinski definition) is 0. The number of piperazine rings is 1. The number of nitrogens with zero attached hydrogens (tertiary/aromatic N) is 5. The minimum atomic E-state index is -0.283. The van der Waals surface area contributed by atoms with Crippen LogP contribution < -0.4 is 9.64 Å². The topological polar surface area (TPSA) is 63.5 Å². The Morgan fingerprint density at radius 1 is 1.09 bits per heavy atom. The summed E-state index contributed by atoms with van der Waals surface area (Å²) in [6.45, 7) is 4.60. The molecule has 32 heavy (non-hydrogen) atoms. The lowest BCUT2D eigenvalue weighted by Crippen LogP contribution is -2.48. The van der Waals surface area contributed by atoms with Crippen LogP contribution in [0.1, 0.15) is 16.1 Å². The molecule has 1 aliphatic heterocycles. The van der Waals surface area contributed by atoms with E-state index in [9.17, 15) is 9.18 Å². The molecule has 0 aliphatic carbocycles. The minimum Gasteiger partial charge on any atom is -0.497 e. The lowest BCUT2D eigenvalue weighted by atomic mass is 10.1. The van der Waals surface area contributed by atoms with Crippen LogP contribution in [0.2, 0.25) is 0 Å². The van der Waals surface area contributed by atoms with Gasteiger partial charge in [0.05, 0.1) is 23.2 Å². The van der Waals surface area contributed by atoms with Crippen molar-refractivity contribution in [1.82, 2.24) is 19.7 Å². The van der Waals surface area contributed by atoms with E-state index in [0.717, 1.165) is 26.9 Å². The van der Waals surface area contributed by atoms with Gasteiger partial charge in [-0.3, -0.25) is 4.79 Å². The average molecular weight is 452 g/mol. The molecule has 2 aromatic carbocycles. The van der Waals surface area contributed by atoms with Crippen molar-refractivity contribution in [2.24, 2.45) is 0 Å². The van der Waals surface area contributed by atoms with Gasteiger partial charge in [-0.2, -0.15) is 10.1 Å². The Morgan fingerprint density at radius 2 is 1.84 bits per heavy atom. The van der Waals surface area contributed by atoms with E-state index in [4.69, 9.17) is 9.72 Å². The summed E-state index contributed by atoms with van der Waals surface area (Å²) in [7, 11) is 1.59. The van der Waals surface area contributed by atoms with Gasteiger partial charge in [-0.25, -0.2) is 9.07 Å². The molecule has 0 saturated carbocycles. The Bertz CT molecular complexity index is 1280. The summed E-state index contributed by atoms with van der Waals surface area (Å²) in [4.78, 5) is 21.8. The summed E-state index contributed by atoms with van der Waals surface area (Å²) in [5.41, 5.74) is 3.06. The largest absolute Gasteiger partial charge is 0.497 e. The third kappa shape index (κ3) is 3.69. The molecule has 1 aliphatic rings. The van der Waals surface area contributed by atoms with Crippen molar-refractivity contribution in [3.8, 4) is 11.4 Å². The monoisotopic (exact) mass is 451 g/mol. The van der Waals surface area contributed by atoms with Crippen molar-refractivity contribution in [1.29, 1.82) is 0 Å². The number of anilines is 1. The SMILES string of the molecule is COc1cccc(C(=O)N2CCN(c3nc4c(s3)c(C)nn4-c3ccc(F)cc3)CC2)c1. The van der Waals surface area contributed by atoms with E-state index in [2.05, 4.69) is 10.00 Å². The van der Waals surface area contributed by atoms with Crippen LogP contribution >= 0.6 is 11.3 Å². The number of fused-ring (bicyclic) bond motifs is 1. The maximum atomic E-state index is 13.3. The quantitative estimate of drug-likeness (QED) is 0.471. The third-order valence-corrected chi connectivity index (χ3v) is 6.82. The van der Waals surface area contributed by atoms with E-state index in [1.165, 1.54) is 12.1 Å². The highest BCUT2D eigenvalue weighted by atomic mass is 32.1. The van der Waals surface area contributed by atoms with E-state index in [0.29, 0.717) is 37.5 Å². The summed E-state index contributed by atoms with van der Waals surface area (Å²) in [6.07, 6.45) is 0. The van der Waals surface area contributed by atoms with E-state index >= 15 is 0 Å². The zero-order valence-corrected chi connectivity index (χ0v) is 18.6. The van der Waals surface area contributed by atoms with Gasteiger partial charge >= 0.3 is 0 Å². The molecule has 7 nitrogen and oxygen atoms in total. The second-order valence-electron chi connectivity index (χ2n) is 7.63. The molecular weight excluding hydrogens is 429 g/mol. The Morgan fingerprint density at radius 3 is 2.56 bits per heavy atom. The van der Waals surface area contributed by atoms with E-state index in [1.807, 2.05) is 30.0 Å². The number of methoxy groups -OCH3 is 1. The van der Waals surface area contributed by atoms with Crippen LogP contribution in [0.15, 0.2) is 48.5 Å². The maximum absolute atomic E-state index is 13.3. The van der Waals surface area contributed by atoms with Crippen LogP contribution in [0.25, 0.3) is 16.0 Å². The lowest BCUT2D eigenvalue weighted by Gasteiger charge is -2.34. The molecule has 1 fully saturated rings. The second kappa shape index (κ2) is 8.23. The molecule has 1 saturated heterocycles. The van der Waals surface area contributed by atoms with Crippen molar-refractivity contribution in [3.63, 3.8) is 0 Å². The van der Waals surface area contributed by atoms with Crippen LogP contribution in [-0.4, -0.2) is 58.9 Å². The molecule has 1 amide bonds. The zero-order chi connectivity index (χ0) is 22.2. The number of aryl methyl sites for hydroxylation is 1. The Hall–Kier alpha value is -3.46. The second-order valence-corrected chi connectivity index (χ2v) is 8.61. The number of carbonyl (C=O) groups excluding carboxylic acids is 1. The fraction of sp³-hybridized carbons (Fsp3) is 0.261. The molecule has 2 aromatic heterocycles. The lowest BCUT2D eigenvalue weighted by molar-refractivity contribution is 0.0746. The molecule has 164 valence electrons. The number of benzene rings is 2. The van der Waals surface area contributed by atoms with Gasteiger partial charge in [0.15, 0.2) is 10.8 Å². The molecule has 4 aromatic rings. The summed E-state index contributed by atoms with van der Waals surface area (Å²) < 4.78 is 21.3. The van der Waals surface area contributed by atoms with Gasteiger partial charge in [-0.15, -0.1) is 0 Å². The van der Waals surface area contributed by atoms with Crippen molar-refractivity contribution >= 4 is 32.7 Å². The highest BCUT2D eigenvalue weighted by Gasteiger charge is 2.25. The molecule has 0 unspecified atom stereocenters. The van der Waals surface area contributed by atoms with Gasteiger partial charge in [0.1, 0.15) is 11.6 Å². The molecular formula is C23H22FN5O2S. The third-order valence-electron chi connectivity index (χ3n) is 5.60. The van der Waals surface area contributed by atoms with Gasteiger partial charge in [0.2, 0.25) is 0 Å². The number of rotatable bonds is 4. The van der Waals surface area contributed by atoms with Crippen LogP contribution in [0.4, 0.5) is 9.52 Å². The summed E-state index contributed by atoms with van der Waals surface area (Å²) in [5, 5.41) is 5.49. The first-order valence-electron chi connectivity index (χ1n) is 10.3. The first-order chi connectivity index (χ1) is 15.5. The molecule has 0 bridgehead atoms. The predicted octanol–water partition coefficient (Wildman–Crippen LogP) is 3.90. The number of carbonyl (C=O) groups is 1. The fourth-order valence-corrected chi connectivity index (χ4v) is 4.90. The van der Waals surface area contributed by atoms with Gasteiger partial charge in [0.25, 0.3) is 5.91 Å². The van der Waals surface area contributed by atoms with Crippen LogP contribution in [0, 0.1) is 12.7 Å². The zero-order valence-electron chi connectivity index (χ0n) is 17.8. The first kappa shape index (κ1) is 20.4. The Balaban J connectivity index is 1.33. The van der Waals surface area contributed by atoms with E-state index in [-0.39, 0.29) is 11.7 Å². The highest BCUT2D eigenvalue weighted by Crippen LogP contribution is 2.33. The van der Waals surface area contributed by atoms with Crippen molar-refractivity contribution < 1.29 is 13.9 Å². The van der Waals surface area contributed by atoms with Crippen LogP contribution in [-0.2, 0) is 0 Å². The van der Waals surface area contributed by atoms with Crippen molar-refractivity contribution in [2.45, 2.75) is 6.92 Å². The van der Waals surface area contributed by atoms with Crippen molar-refractivity contribution in [2.75, 3.05) is 38.2 Å². The minimum absolute atomic E-state index is 0.00986. The smallest absolute Gasteiger partial charge is 0.254 e. The molecule has 3 heterocycles. The molecule has 0 radical (unpaired) electrons. The Kier molecular flexibility index (Phi) is 5.26. The van der Waals surface area contributed by atoms with E-state index in [1.54, 1.807) is 41.3 Å². The van der Waals surface area contributed by atoms with Gasteiger partial charge in [-0.05, 0) is 49.4 Å². The molecule has 9 heteroatoms. The number of halogens is 1. The summed E-state index contributed by atoms with van der Waals surface area (Å²) in [6, 6.07) is 13.5. The van der Waals surface area contributed by atoms with Gasteiger partial charge in [-0.1, -0.05) is 17.4 Å². The number of thiazole rings is 1. The standard InChI is InChI=1S/C23H22FN5O2S/c1-15-20-21(29(26-15)18-8-6-17(24)7-9-18)25-23(32-20)28-12-10-27(11-13-28)22(30)16-4-3-5-19(14-16)31-2/h3-9,14H,10-13H2,1-2H3. The normalized spacial score (nSPS) is 14.2. The van der Waals surface area contributed by atoms with Crippen LogP contribution in [0.3, 0.4) is 0 Å². The fourth-order valence-electron chi connectivity index (χ4n) is 3.86. The number of aromatic nitrogens is 3. The highest BCUT2D eigenvalue weighted by molar-refractivity contribution is 7.22. The van der Waals surface area contributed by atoms with Crippen LogP contribution in [0.5, 0.6) is 5.75 Å². The van der Waals surface area contributed by atoms with Gasteiger partial charge < -0.3 is 14.5 Å². The van der Waals surface area contributed by atoms with Crippen molar-refractivity contribution in [3.05, 3.63) is 65.6 Å². The summed E-state index contributed by atoms with van der Waals surface area (Å²) in [5.74, 6) is 0.402. The predicted molar refractivity (Wildman–Crippen MR) is 123 cm³/mol. The number of amides is 1. The van der Waals surface area contributed by atoms with Gasteiger partial charge in [0, 0.05) is 31.7 Å². The molecule has 0 atom stereocenters. The average Bonchev–Trinajstić information content (AvgIpc) is 3.40. The Labute approximate surface area is 188 Å². The summed E-state index contributed by atoms with van der Waals surface area (Å²) >= 11 is 1.60. The maximum Gasteiger partial charge on any atom is 0.254 e. The number of ether oxygens (including phenoxy) is 1. The van der Waals surface area contributed by atoms with E-state index < -0.39 is 0 Å². The number of hydrogen-bond acceptors (Lipinski definition) is 6. The molecule has 0 spiro atoms. The molecule has 0 N–H and O–H groups in total. The first-order valence-corrected chi connectivity index (χ1v) is 11.2. The molecule has 5 rings (SSSR count).